The largest absolute Gasteiger partial charge is 0.387 e. The molecule has 3 heterocycles. The van der Waals surface area contributed by atoms with Crippen molar-refractivity contribution in [1.82, 2.24) is 4.98 Å². The lowest BCUT2D eigenvalue weighted by Gasteiger charge is -2.33. The molecule has 4 nitrogen and oxygen atoms in total. The minimum atomic E-state index is -0.842. The van der Waals surface area contributed by atoms with E-state index in [0.29, 0.717) is 6.42 Å². The number of aliphatic hydroxyl groups is 1. The fourth-order valence-electron chi connectivity index (χ4n) is 3.84. The number of nitrogens with zero attached hydrogens (tertiary/aromatic N) is 2. The monoisotopic (exact) mass is 280 g/mol. The molecule has 1 aromatic heterocycles. The number of nitriles is 1. The SMILES string of the molecule is N#CC1(C(O)c2ccnc3ccccc23)CC2CCC1O2. The van der Waals surface area contributed by atoms with Crippen LogP contribution in [0.3, 0.4) is 0 Å². The van der Waals surface area contributed by atoms with E-state index in [4.69, 9.17) is 4.74 Å². The summed E-state index contributed by atoms with van der Waals surface area (Å²) in [5, 5.41) is 21.6. The third kappa shape index (κ3) is 1.71. The van der Waals surface area contributed by atoms with Gasteiger partial charge in [0.1, 0.15) is 11.5 Å². The zero-order valence-corrected chi connectivity index (χ0v) is 11.6. The zero-order valence-electron chi connectivity index (χ0n) is 11.6. The van der Waals surface area contributed by atoms with Gasteiger partial charge in [0, 0.05) is 11.6 Å². The number of aromatic nitrogens is 1. The molecule has 0 radical (unpaired) electrons. The van der Waals surface area contributed by atoms with Gasteiger partial charge in [-0.15, -0.1) is 0 Å². The van der Waals surface area contributed by atoms with Crippen LogP contribution in [0.15, 0.2) is 36.5 Å². The highest BCUT2D eigenvalue weighted by Crippen LogP contribution is 2.54. The number of pyridine rings is 1. The predicted octanol–water partition coefficient (Wildman–Crippen LogP) is 2.73. The Labute approximate surface area is 123 Å². The van der Waals surface area contributed by atoms with Gasteiger partial charge in [-0.1, -0.05) is 18.2 Å². The Morgan fingerprint density at radius 3 is 2.90 bits per heavy atom. The Morgan fingerprint density at radius 2 is 2.19 bits per heavy atom. The molecule has 2 aliphatic rings. The molecule has 4 heteroatoms. The first kappa shape index (κ1) is 12.8. The summed E-state index contributed by atoms with van der Waals surface area (Å²) in [7, 11) is 0. The molecule has 21 heavy (non-hydrogen) atoms. The van der Waals surface area contributed by atoms with Crippen LogP contribution in [0.2, 0.25) is 0 Å². The molecule has 0 spiro atoms. The molecule has 2 aliphatic heterocycles. The maximum absolute atomic E-state index is 11.0. The van der Waals surface area contributed by atoms with E-state index in [-0.39, 0.29) is 12.2 Å². The second-order valence-corrected chi connectivity index (χ2v) is 6.00. The summed E-state index contributed by atoms with van der Waals surface area (Å²) in [5.41, 5.74) is 0.789. The van der Waals surface area contributed by atoms with Crippen LogP contribution in [0.5, 0.6) is 0 Å². The fraction of sp³-hybridized carbons (Fsp3) is 0.412. The summed E-state index contributed by atoms with van der Waals surface area (Å²) in [6, 6.07) is 11.9. The Balaban J connectivity index is 1.83. The van der Waals surface area contributed by atoms with Gasteiger partial charge in [0.15, 0.2) is 0 Å². The van der Waals surface area contributed by atoms with Gasteiger partial charge < -0.3 is 9.84 Å². The van der Waals surface area contributed by atoms with E-state index >= 15 is 0 Å². The van der Waals surface area contributed by atoms with Gasteiger partial charge in [-0.2, -0.15) is 5.26 Å². The number of hydrogen-bond donors (Lipinski definition) is 1. The molecule has 1 N–H and O–H groups in total. The van der Waals surface area contributed by atoms with Crippen LogP contribution in [-0.4, -0.2) is 22.3 Å². The average molecular weight is 280 g/mol. The maximum atomic E-state index is 11.0. The second-order valence-electron chi connectivity index (χ2n) is 6.00. The normalized spacial score (nSPS) is 32.2. The summed E-state index contributed by atoms with van der Waals surface area (Å²) in [6.07, 6.45) is 3.29. The molecule has 0 aliphatic carbocycles. The number of rotatable bonds is 2. The van der Waals surface area contributed by atoms with Crippen molar-refractivity contribution in [3.63, 3.8) is 0 Å². The van der Waals surface area contributed by atoms with E-state index in [2.05, 4.69) is 11.1 Å². The first-order valence-corrected chi connectivity index (χ1v) is 7.33. The zero-order chi connectivity index (χ0) is 14.4. The molecule has 4 atom stereocenters. The van der Waals surface area contributed by atoms with E-state index in [1.165, 1.54) is 0 Å². The van der Waals surface area contributed by atoms with Gasteiger partial charge in [-0.25, -0.2) is 0 Å². The van der Waals surface area contributed by atoms with E-state index in [1.807, 2.05) is 30.3 Å². The Hall–Kier alpha value is -1.96. The van der Waals surface area contributed by atoms with E-state index in [0.717, 1.165) is 29.3 Å². The Kier molecular flexibility index (Phi) is 2.75. The number of fused-ring (bicyclic) bond motifs is 3. The van der Waals surface area contributed by atoms with Crippen molar-refractivity contribution in [3.05, 3.63) is 42.1 Å². The van der Waals surface area contributed by atoms with Crippen molar-refractivity contribution >= 4 is 10.9 Å². The summed E-state index contributed by atoms with van der Waals surface area (Å²) in [4.78, 5) is 4.32. The highest BCUT2D eigenvalue weighted by atomic mass is 16.5. The molecule has 1 aromatic carbocycles. The molecule has 4 rings (SSSR count). The summed E-state index contributed by atoms with van der Waals surface area (Å²) < 4.78 is 5.84. The van der Waals surface area contributed by atoms with Crippen molar-refractivity contribution < 1.29 is 9.84 Å². The fourth-order valence-corrected chi connectivity index (χ4v) is 3.84. The smallest absolute Gasteiger partial charge is 0.116 e. The van der Waals surface area contributed by atoms with E-state index < -0.39 is 11.5 Å². The topological polar surface area (TPSA) is 66.1 Å². The molecule has 2 aromatic rings. The molecular formula is C17H16N2O2. The molecule has 2 fully saturated rings. The number of benzene rings is 1. The second kappa shape index (κ2) is 4.52. The van der Waals surface area contributed by atoms with E-state index in [1.54, 1.807) is 6.20 Å². The lowest BCUT2D eigenvalue weighted by molar-refractivity contribution is 0.00413. The molecule has 2 saturated heterocycles. The molecule has 0 saturated carbocycles. The van der Waals surface area contributed by atoms with Crippen LogP contribution in [-0.2, 0) is 4.74 Å². The predicted molar refractivity (Wildman–Crippen MR) is 77.3 cm³/mol. The van der Waals surface area contributed by atoms with Crippen molar-refractivity contribution in [2.75, 3.05) is 0 Å². The quantitative estimate of drug-likeness (QED) is 0.918. The number of para-hydroxylation sites is 1. The Bertz CT molecular complexity index is 734. The van der Waals surface area contributed by atoms with Crippen LogP contribution in [0, 0.1) is 16.7 Å². The van der Waals surface area contributed by atoms with Crippen molar-refractivity contribution in [3.8, 4) is 6.07 Å². The highest BCUT2D eigenvalue weighted by Gasteiger charge is 2.57. The minimum absolute atomic E-state index is 0.123. The van der Waals surface area contributed by atoms with Gasteiger partial charge in [-0.3, -0.25) is 4.98 Å². The number of hydrogen-bond acceptors (Lipinski definition) is 4. The first-order valence-electron chi connectivity index (χ1n) is 7.33. The third-order valence-electron chi connectivity index (χ3n) is 4.92. The van der Waals surface area contributed by atoms with Gasteiger partial charge in [0.2, 0.25) is 0 Å². The molecule has 4 unspecified atom stereocenters. The lowest BCUT2D eigenvalue weighted by atomic mass is 9.69. The summed E-state index contributed by atoms with van der Waals surface area (Å²) in [6.45, 7) is 0. The highest BCUT2D eigenvalue weighted by molar-refractivity contribution is 5.82. The van der Waals surface area contributed by atoms with Crippen LogP contribution in [0.1, 0.15) is 30.9 Å². The first-order chi connectivity index (χ1) is 10.2. The minimum Gasteiger partial charge on any atom is -0.387 e. The average Bonchev–Trinajstić information content (AvgIpc) is 3.15. The van der Waals surface area contributed by atoms with Crippen LogP contribution >= 0.6 is 0 Å². The van der Waals surface area contributed by atoms with Crippen LogP contribution in [0.25, 0.3) is 10.9 Å². The van der Waals surface area contributed by atoms with Crippen molar-refractivity contribution in [2.45, 2.75) is 37.6 Å². The lowest BCUT2D eigenvalue weighted by Crippen LogP contribution is -2.37. The standard InChI is InChI=1S/C17H16N2O2/c18-10-17(9-11-5-6-15(17)21-11)16(20)13-7-8-19-14-4-2-1-3-12(13)14/h1-4,7-8,11,15-16,20H,5-6,9H2. The van der Waals surface area contributed by atoms with Gasteiger partial charge in [0.05, 0.1) is 23.8 Å². The summed E-state index contributed by atoms with van der Waals surface area (Å²) in [5.74, 6) is 0. The molecular weight excluding hydrogens is 264 g/mol. The maximum Gasteiger partial charge on any atom is 0.116 e. The molecule has 2 bridgehead atoms. The van der Waals surface area contributed by atoms with E-state index in [9.17, 15) is 10.4 Å². The number of ether oxygens (including phenoxy) is 1. The summed E-state index contributed by atoms with van der Waals surface area (Å²) >= 11 is 0. The van der Waals surface area contributed by atoms with Gasteiger partial charge in [-0.05, 0) is 37.0 Å². The number of aliphatic hydroxyl groups excluding tert-OH is 1. The van der Waals surface area contributed by atoms with Crippen molar-refractivity contribution in [1.29, 1.82) is 5.26 Å². The van der Waals surface area contributed by atoms with Crippen LogP contribution < -0.4 is 0 Å². The Morgan fingerprint density at radius 1 is 1.33 bits per heavy atom. The van der Waals surface area contributed by atoms with Crippen molar-refractivity contribution in [2.24, 2.45) is 5.41 Å². The van der Waals surface area contributed by atoms with Crippen LogP contribution in [0.4, 0.5) is 0 Å². The molecule has 0 amide bonds. The third-order valence-corrected chi connectivity index (χ3v) is 4.92. The molecule has 106 valence electrons. The van der Waals surface area contributed by atoms with Gasteiger partial charge >= 0.3 is 0 Å². The van der Waals surface area contributed by atoms with Gasteiger partial charge in [0.25, 0.3) is 0 Å².